The van der Waals surface area contributed by atoms with Gasteiger partial charge in [0.15, 0.2) is 0 Å². The van der Waals surface area contributed by atoms with Crippen LogP contribution in [0.2, 0.25) is 0 Å². The standard InChI is InChI=1S/C21H22N2O/c1-23(20-12-10-15-6-2-3-8-18(15)20)21(24)13-11-16-14-22-19-9-5-4-7-17(16)19/h2-9,14,20,22H,10-13H2,1H3/t20-/m0/s1. The number of para-hydroxylation sites is 1. The van der Waals surface area contributed by atoms with Gasteiger partial charge in [-0.25, -0.2) is 0 Å². The smallest absolute Gasteiger partial charge is 0.223 e. The number of aryl methyl sites for hydroxylation is 2. The summed E-state index contributed by atoms with van der Waals surface area (Å²) in [5, 5.41) is 1.22. The highest BCUT2D eigenvalue weighted by Gasteiger charge is 2.28. The largest absolute Gasteiger partial charge is 0.361 e. The third kappa shape index (κ3) is 2.60. The van der Waals surface area contributed by atoms with Crippen molar-refractivity contribution in [2.24, 2.45) is 0 Å². The van der Waals surface area contributed by atoms with E-state index in [9.17, 15) is 4.79 Å². The molecule has 0 unspecified atom stereocenters. The number of hydrogen-bond donors (Lipinski definition) is 1. The minimum Gasteiger partial charge on any atom is -0.361 e. The van der Waals surface area contributed by atoms with Crippen LogP contribution in [0.3, 0.4) is 0 Å². The average Bonchev–Trinajstić information content (AvgIpc) is 3.23. The fourth-order valence-corrected chi connectivity index (χ4v) is 3.87. The zero-order valence-corrected chi connectivity index (χ0v) is 14.0. The zero-order valence-electron chi connectivity index (χ0n) is 14.0. The molecule has 24 heavy (non-hydrogen) atoms. The van der Waals surface area contributed by atoms with Gasteiger partial charge in [0, 0.05) is 30.6 Å². The number of aromatic nitrogens is 1. The Labute approximate surface area is 142 Å². The van der Waals surface area contributed by atoms with Crippen molar-refractivity contribution in [2.45, 2.75) is 31.7 Å². The molecule has 0 saturated carbocycles. The lowest BCUT2D eigenvalue weighted by Crippen LogP contribution is -2.30. The molecule has 0 bridgehead atoms. The molecule has 1 aliphatic carbocycles. The molecule has 3 heteroatoms. The molecule has 0 spiro atoms. The van der Waals surface area contributed by atoms with Crippen LogP contribution in [-0.4, -0.2) is 22.8 Å². The summed E-state index contributed by atoms with van der Waals surface area (Å²) in [6, 6.07) is 17.0. The first-order chi connectivity index (χ1) is 11.7. The SMILES string of the molecule is CN(C(=O)CCc1c[nH]c2ccccc12)[C@H]1CCc2ccccc21. The Hall–Kier alpha value is -2.55. The Kier molecular flexibility index (Phi) is 3.85. The minimum absolute atomic E-state index is 0.224. The first-order valence-corrected chi connectivity index (χ1v) is 8.62. The number of rotatable bonds is 4. The highest BCUT2D eigenvalue weighted by atomic mass is 16.2. The van der Waals surface area contributed by atoms with Crippen molar-refractivity contribution in [3.05, 3.63) is 71.4 Å². The Morgan fingerprint density at radius 2 is 1.96 bits per heavy atom. The van der Waals surface area contributed by atoms with Gasteiger partial charge < -0.3 is 9.88 Å². The van der Waals surface area contributed by atoms with Crippen molar-refractivity contribution in [3.8, 4) is 0 Å². The van der Waals surface area contributed by atoms with E-state index in [1.807, 2.05) is 30.3 Å². The van der Waals surface area contributed by atoms with Crippen molar-refractivity contribution >= 4 is 16.8 Å². The summed E-state index contributed by atoms with van der Waals surface area (Å²) >= 11 is 0. The van der Waals surface area contributed by atoms with Crippen LogP contribution >= 0.6 is 0 Å². The number of nitrogens with one attached hydrogen (secondary N) is 1. The van der Waals surface area contributed by atoms with Gasteiger partial charge in [0.2, 0.25) is 5.91 Å². The topological polar surface area (TPSA) is 36.1 Å². The fourth-order valence-electron chi connectivity index (χ4n) is 3.87. The van der Waals surface area contributed by atoms with E-state index in [-0.39, 0.29) is 11.9 Å². The average molecular weight is 318 g/mol. The van der Waals surface area contributed by atoms with Crippen molar-refractivity contribution < 1.29 is 4.79 Å². The lowest BCUT2D eigenvalue weighted by atomic mass is 10.1. The molecule has 1 atom stereocenters. The Morgan fingerprint density at radius 3 is 2.88 bits per heavy atom. The quantitative estimate of drug-likeness (QED) is 0.767. The summed E-state index contributed by atoms with van der Waals surface area (Å²) < 4.78 is 0. The van der Waals surface area contributed by atoms with E-state index in [4.69, 9.17) is 0 Å². The number of hydrogen-bond acceptors (Lipinski definition) is 1. The highest BCUT2D eigenvalue weighted by molar-refractivity contribution is 5.84. The molecule has 2 aromatic carbocycles. The maximum atomic E-state index is 12.7. The number of carbonyl (C=O) groups is 1. The molecule has 122 valence electrons. The van der Waals surface area contributed by atoms with Gasteiger partial charge in [-0.1, -0.05) is 42.5 Å². The van der Waals surface area contributed by atoms with Gasteiger partial charge in [-0.3, -0.25) is 4.79 Å². The summed E-state index contributed by atoms with van der Waals surface area (Å²) in [5.41, 5.74) is 5.07. The fraction of sp³-hybridized carbons (Fsp3) is 0.286. The Bertz CT molecular complexity index is 880. The number of aromatic amines is 1. The van der Waals surface area contributed by atoms with E-state index < -0.39 is 0 Å². The molecule has 1 aromatic heterocycles. The van der Waals surface area contributed by atoms with Gasteiger partial charge >= 0.3 is 0 Å². The maximum Gasteiger partial charge on any atom is 0.223 e. The second-order valence-corrected chi connectivity index (χ2v) is 6.62. The van der Waals surface area contributed by atoms with E-state index in [1.165, 1.54) is 22.1 Å². The second kappa shape index (κ2) is 6.16. The lowest BCUT2D eigenvalue weighted by molar-refractivity contribution is -0.132. The van der Waals surface area contributed by atoms with Crippen LogP contribution in [0.5, 0.6) is 0 Å². The van der Waals surface area contributed by atoms with Gasteiger partial charge in [0.1, 0.15) is 0 Å². The first-order valence-electron chi connectivity index (χ1n) is 8.62. The van der Waals surface area contributed by atoms with Crippen molar-refractivity contribution in [1.82, 2.24) is 9.88 Å². The summed E-state index contributed by atoms with van der Waals surface area (Å²) in [7, 11) is 1.95. The summed E-state index contributed by atoms with van der Waals surface area (Å²) in [5.74, 6) is 0.224. The molecule has 0 aliphatic heterocycles. The predicted molar refractivity (Wildman–Crippen MR) is 96.9 cm³/mol. The van der Waals surface area contributed by atoms with Crippen LogP contribution < -0.4 is 0 Å². The molecule has 3 nitrogen and oxygen atoms in total. The third-order valence-electron chi connectivity index (χ3n) is 5.25. The van der Waals surface area contributed by atoms with Gasteiger partial charge in [0.05, 0.1) is 6.04 Å². The Balaban J connectivity index is 1.45. The number of carbonyl (C=O) groups excluding carboxylic acids is 1. The van der Waals surface area contributed by atoms with Gasteiger partial charge in [-0.05, 0) is 42.0 Å². The molecule has 0 fully saturated rings. The normalized spacial score (nSPS) is 16.3. The van der Waals surface area contributed by atoms with Gasteiger partial charge in [-0.15, -0.1) is 0 Å². The van der Waals surface area contributed by atoms with Crippen LogP contribution in [0, 0.1) is 0 Å². The number of H-pyrrole nitrogens is 1. The molecule has 1 aliphatic rings. The molecule has 0 radical (unpaired) electrons. The van der Waals surface area contributed by atoms with Gasteiger partial charge in [0.25, 0.3) is 0 Å². The first kappa shape index (κ1) is 15.0. The van der Waals surface area contributed by atoms with E-state index >= 15 is 0 Å². The van der Waals surface area contributed by atoms with E-state index in [0.717, 1.165) is 24.8 Å². The molecule has 4 rings (SSSR count). The monoisotopic (exact) mass is 318 g/mol. The number of nitrogens with zero attached hydrogens (tertiary/aromatic N) is 1. The number of benzene rings is 2. The van der Waals surface area contributed by atoms with Crippen LogP contribution in [-0.2, 0) is 17.6 Å². The van der Waals surface area contributed by atoms with Crippen LogP contribution in [0.4, 0.5) is 0 Å². The second-order valence-electron chi connectivity index (χ2n) is 6.62. The lowest BCUT2D eigenvalue weighted by Gasteiger charge is -2.25. The van der Waals surface area contributed by atoms with Crippen LogP contribution in [0.15, 0.2) is 54.7 Å². The Morgan fingerprint density at radius 1 is 1.17 bits per heavy atom. The summed E-state index contributed by atoms with van der Waals surface area (Å²) in [4.78, 5) is 17.9. The predicted octanol–water partition coefficient (Wildman–Crippen LogP) is 4.25. The van der Waals surface area contributed by atoms with Crippen molar-refractivity contribution in [3.63, 3.8) is 0 Å². The van der Waals surface area contributed by atoms with Crippen LogP contribution in [0.1, 0.15) is 35.6 Å². The van der Waals surface area contributed by atoms with E-state index in [1.54, 1.807) is 0 Å². The zero-order chi connectivity index (χ0) is 16.5. The van der Waals surface area contributed by atoms with Crippen LogP contribution in [0.25, 0.3) is 10.9 Å². The molecular formula is C21H22N2O. The van der Waals surface area contributed by atoms with Gasteiger partial charge in [-0.2, -0.15) is 0 Å². The molecule has 3 aromatic rings. The molecule has 1 amide bonds. The third-order valence-corrected chi connectivity index (χ3v) is 5.25. The van der Waals surface area contributed by atoms with E-state index in [0.29, 0.717) is 6.42 Å². The molecular weight excluding hydrogens is 296 g/mol. The molecule has 1 N–H and O–H groups in total. The van der Waals surface area contributed by atoms with Crippen molar-refractivity contribution in [2.75, 3.05) is 7.05 Å². The maximum absolute atomic E-state index is 12.7. The number of fused-ring (bicyclic) bond motifs is 2. The molecule has 0 saturated heterocycles. The van der Waals surface area contributed by atoms with Crippen molar-refractivity contribution in [1.29, 1.82) is 0 Å². The minimum atomic E-state index is 0.224. The summed E-state index contributed by atoms with van der Waals surface area (Å²) in [6.45, 7) is 0. The summed E-state index contributed by atoms with van der Waals surface area (Å²) in [6.07, 6.45) is 5.47. The highest BCUT2D eigenvalue weighted by Crippen LogP contribution is 2.35. The number of amides is 1. The van der Waals surface area contributed by atoms with E-state index in [2.05, 4.69) is 41.4 Å². The molecule has 1 heterocycles.